The molecule has 0 aliphatic heterocycles. The number of primary amides is 1. The van der Waals surface area contributed by atoms with E-state index in [1.54, 1.807) is 19.9 Å². The second kappa shape index (κ2) is 12.5. The van der Waals surface area contributed by atoms with Crippen LogP contribution in [0.4, 0.5) is 4.39 Å². The molecule has 1 amide bonds. The summed E-state index contributed by atoms with van der Waals surface area (Å²) >= 11 is 0. The summed E-state index contributed by atoms with van der Waals surface area (Å²) in [6.45, 7) is 9.36. The molecule has 9 heteroatoms. The number of aromatic nitrogens is 1. The van der Waals surface area contributed by atoms with Gasteiger partial charge in [-0.1, -0.05) is 20.8 Å². The highest BCUT2D eigenvalue weighted by Gasteiger charge is 2.26. The van der Waals surface area contributed by atoms with Gasteiger partial charge in [0, 0.05) is 18.7 Å². The molecule has 8 nitrogen and oxygen atoms in total. The van der Waals surface area contributed by atoms with Gasteiger partial charge in [-0.3, -0.25) is 9.59 Å². The highest BCUT2D eigenvalue weighted by atomic mass is 19.1. The van der Waals surface area contributed by atoms with Gasteiger partial charge >= 0.3 is 5.97 Å². The summed E-state index contributed by atoms with van der Waals surface area (Å²) in [6, 6.07) is 5.81. The predicted molar refractivity (Wildman–Crippen MR) is 117 cm³/mol. The van der Waals surface area contributed by atoms with Crippen LogP contribution in [0.1, 0.15) is 50.2 Å². The van der Waals surface area contributed by atoms with Crippen LogP contribution in [-0.4, -0.2) is 41.3 Å². The Bertz CT molecular complexity index is 919. The highest BCUT2D eigenvalue weighted by Crippen LogP contribution is 2.27. The summed E-state index contributed by atoms with van der Waals surface area (Å²) in [5, 5.41) is 9.27. The van der Waals surface area contributed by atoms with Crippen LogP contribution in [0.25, 0.3) is 0 Å². The van der Waals surface area contributed by atoms with Gasteiger partial charge in [-0.2, -0.15) is 0 Å². The number of hydrogen-bond donors (Lipinski definition) is 2. The lowest BCUT2D eigenvalue weighted by molar-refractivity contribution is -0.156. The number of pyridine rings is 1. The predicted octanol–water partition coefficient (Wildman–Crippen LogP) is 3.77. The van der Waals surface area contributed by atoms with Gasteiger partial charge in [0.2, 0.25) is 0 Å². The number of carbonyl (C=O) groups is 2. The fraction of sp³-hybridized carbons (Fsp3) is 0.435. The number of aryl methyl sites for hydroxylation is 1. The molecule has 0 spiro atoms. The lowest BCUT2D eigenvalue weighted by Gasteiger charge is -2.28. The van der Waals surface area contributed by atoms with Crippen molar-refractivity contribution in [2.75, 3.05) is 7.11 Å². The Kier molecular flexibility index (Phi) is 10.4. The Morgan fingerprint density at radius 1 is 1.19 bits per heavy atom. The second-order valence-electron chi connectivity index (χ2n) is 7.36. The van der Waals surface area contributed by atoms with E-state index in [1.165, 1.54) is 31.5 Å². The number of hydrogen-bond acceptors (Lipinski definition) is 7. The molecule has 0 radical (unpaired) electrons. The molecule has 0 fully saturated rings. The zero-order valence-corrected chi connectivity index (χ0v) is 19.2. The van der Waals surface area contributed by atoms with Crippen molar-refractivity contribution in [2.45, 2.75) is 53.2 Å². The molecule has 0 saturated carbocycles. The molecule has 0 aliphatic rings. The van der Waals surface area contributed by atoms with Crippen molar-refractivity contribution in [3.63, 3.8) is 0 Å². The maximum atomic E-state index is 13.1. The van der Waals surface area contributed by atoms with E-state index >= 15 is 0 Å². The zero-order valence-electron chi connectivity index (χ0n) is 19.2. The van der Waals surface area contributed by atoms with Crippen LogP contribution < -0.4 is 15.2 Å². The van der Waals surface area contributed by atoms with Crippen molar-refractivity contribution in [2.24, 2.45) is 11.7 Å². The molecule has 2 unspecified atom stereocenters. The Morgan fingerprint density at radius 2 is 1.84 bits per heavy atom. The molecular formula is C23H31FN2O6. The van der Waals surface area contributed by atoms with Crippen molar-refractivity contribution in [1.29, 1.82) is 0 Å². The van der Waals surface area contributed by atoms with Crippen molar-refractivity contribution in [3.05, 3.63) is 47.5 Å². The Hall–Kier alpha value is -3.36. The Labute approximate surface area is 187 Å². The summed E-state index contributed by atoms with van der Waals surface area (Å²) in [4.78, 5) is 25.7. The van der Waals surface area contributed by atoms with Gasteiger partial charge in [-0.25, -0.2) is 9.37 Å². The minimum absolute atomic E-state index is 0.140. The second-order valence-corrected chi connectivity index (χ2v) is 7.36. The number of ether oxygens (including phenoxy) is 3. The summed E-state index contributed by atoms with van der Waals surface area (Å²) in [6.07, 6.45) is 1.05. The fourth-order valence-corrected chi connectivity index (χ4v) is 2.80. The van der Waals surface area contributed by atoms with Crippen LogP contribution >= 0.6 is 0 Å². The molecule has 0 aliphatic carbocycles. The lowest BCUT2D eigenvalue weighted by Crippen LogP contribution is -2.37. The third kappa shape index (κ3) is 7.72. The minimum Gasteiger partial charge on any atom is -0.503 e. The quantitative estimate of drug-likeness (QED) is 0.587. The van der Waals surface area contributed by atoms with Gasteiger partial charge in [0.1, 0.15) is 23.8 Å². The van der Waals surface area contributed by atoms with Crippen molar-refractivity contribution in [3.8, 4) is 17.2 Å². The molecule has 3 N–H and O–H groups in total. The van der Waals surface area contributed by atoms with E-state index in [9.17, 15) is 19.1 Å². The maximum Gasteiger partial charge on any atom is 0.305 e. The molecule has 32 heavy (non-hydrogen) atoms. The Morgan fingerprint density at radius 3 is 2.34 bits per heavy atom. The monoisotopic (exact) mass is 450 g/mol. The van der Waals surface area contributed by atoms with E-state index in [2.05, 4.69) is 4.98 Å². The molecule has 0 saturated heterocycles. The van der Waals surface area contributed by atoms with Gasteiger partial charge in [0.25, 0.3) is 5.91 Å². The summed E-state index contributed by atoms with van der Waals surface area (Å²) in [5.74, 6) is -0.716. The van der Waals surface area contributed by atoms with Gasteiger partial charge in [-0.05, 0) is 43.5 Å². The number of esters is 1. The first kappa shape index (κ1) is 26.7. The first-order valence-corrected chi connectivity index (χ1v) is 10.2. The molecule has 0 bridgehead atoms. The van der Waals surface area contributed by atoms with E-state index in [-0.39, 0.29) is 47.1 Å². The molecule has 1 aromatic carbocycles. The number of benzene rings is 1. The van der Waals surface area contributed by atoms with Crippen LogP contribution in [0, 0.1) is 18.7 Å². The number of amides is 1. The molecular weight excluding hydrogens is 419 g/mol. The third-order valence-electron chi connectivity index (χ3n) is 4.47. The van der Waals surface area contributed by atoms with E-state index in [0.717, 1.165) is 5.56 Å². The minimum atomic E-state index is -0.786. The van der Waals surface area contributed by atoms with Crippen molar-refractivity contribution in [1.82, 2.24) is 4.98 Å². The summed E-state index contributed by atoms with van der Waals surface area (Å²) < 4.78 is 29.0. The first-order valence-electron chi connectivity index (χ1n) is 10.2. The molecule has 2 atom stereocenters. The normalized spacial score (nSPS) is 12.2. The molecule has 176 valence electrons. The number of methoxy groups -OCH3 is 1. The third-order valence-corrected chi connectivity index (χ3v) is 4.47. The number of aromatic hydroxyl groups is 1. The van der Waals surface area contributed by atoms with Gasteiger partial charge in [0.05, 0.1) is 7.11 Å². The van der Waals surface area contributed by atoms with Gasteiger partial charge in [-0.15, -0.1) is 0 Å². The lowest BCUT2D eigenvalue weighted by atomic mass is 10.0. The number of carbonyl (C=O) groups excluding carboxylic acids is 2. The fourth-order valence-electron chi connectivity index (χ4n) is 2.80. The number of nitrogens with two attached hydrogens (primary N) is 1. The van der Waals surface area contributed by atoms with Gasteiger partial charge < -0.3 is 25.1 Å². The van der Waals surface area contributed by atoms with Crippen molar-refractivity contribution >= 4 is 11.9 Å². The molecule has 1 heterocycles. The molecule has 1 aromatic heterocycles. The molecule has 2 rings (SSSR count). The SMILES string of the molecule is CCC(=O)OC(C(C)C)C(C)Oc1ccc(F)cc1C.COc1ccnc(C(N)=O)c1O. The zero-order chi connectivity index (χ0) is 24.4. The average Bonchev–Trinajstić information content (AvgIpc) is 2.73. The van der Waals surface area contributed by atoms with Gasteiger partial charge in [0.15, 0.2) is 17.2 Å². The average molecular weight is 451 g/mol. The topological polar surface area (TPSA) is 121 Å². The van der Waals surface area contributed by atoms with Crippen LogP contribution in [0.5, 0.6) is 17.2 Å². The van der Waals surface area contributed by atoms with E-state index in [0.29, 0.717) is 12.2 Å². The summed E-state index contributed by atoms with van der Waals surface area (Å²) in [5.41, 5.74) is 5.46. The number of nitrogens with zero attached hydrogens (tertiary/aromatic N) is 1. The highest BCUT2D eigenvalue weighted by molar-refractivity contribution is 5.94. The number of rotatable bonds is 8. The van der Waals surface area contributed by atoms with Crippen molar-refractivity contribution < 1.29 is 33.3 Å². The van der Waals surface area contributed by atoms with Crippen LogP contribution in [0.2, 0.25) is 0 Å². The standard InChI is InChI=1S/C16H23FO3.C7H8N2O3/c1-6-15(18)20-16(10(2)3)12(5)19-14-8-7-13(17)9-11(14)4;1-12-4-2-3-9-5(6(4)10)7(8)11/h7-10,12,16H,6H2,1-5H3;2-3,10H,1H3,(H2,8,11). The number of halogens is 1. The first-order chi connectivity index (χ1) is 15.0. The Balaban J connectivity index is 0.000000363. The van der Waals surface area contributed by atoms with Crippen LogP contribution in [-0.2, 0) is 9.53 Å². The molecule has 2 aromatic rings. The van der Waals surface area contributed by atoms with Crippen LogP contribution in [0.15, 0.2) is 30.5 Å². The largest absolute Gasteiger partial charge is 0.503 e. The van der Waals surface area contributed by atoms with E-state index < -0.39 is 5.91 Å². The summed E-state index contributed by atoms with van der Waals surface area (Å²) in [7, 11) is 1.37. The smallest absolute Gasteiger partial charge is 0.305 e. The maximum absolute atomic E-state index is 13.1. The van der Waals surface area contributed by atoms with E-state index in [1.807, 2.05) is 20.8 Å². The van der Waals surface area contributed by atoms with E-state index in [4.69, 9.17) is 19.9 Å². The van der Waals surface area contributed by atoms with Crippen LogP contribution in [0.3, 0.4) is 0 Å².